The highest BCUT2D eigenvalue weighted by Gasteiger charge is 2.18. The van der Waals surface area contributed by atoms with Gasteiger partial charge in [-0.3, -0.25) is 0 Å². The first-order chi connectivity index (χ1) is 6.74. The predicted molar refractivity (Wildman–Crippen MR) is 62.2 cm³/mol. The van der Waals surface area contributed by atoms with Crippen LogP contribution < -0.4 is 0 Å². The zero-order valence-corrected chi connectivity index (χ0v) is 9.39. The van der Waals surface area contributed by atoms with Crippen molar-refractivity contribution in [1.82, 2.24) is 0 Å². The third kappa shape index (κ3) is 2.50. The minimum atomic E-state index is 0.895. The molecule has 0 saturated heterocycles. The average Bonchev–Trinajstić information content (AvgIpc) is 2.56. The Morgan fingerprint density at radius 2 is 1.86 bits per heavy atom. The molecule has 2 aliphatic rings. The maximum atomic E-state index is 4.07. The molecule has 0 aromatic rings. The van der Waals surface area contributed by atoms with Crippen LogP contribution in [0.3, 0.4) is 0 Å². The van der Waals surface area contributed by atoms with Gasteiger partial charge in [-0.25, -0.2) is 0 Å². The first-order valence-corrected chi connectivity index (χ1v) is 6.10. The summed E-state index contributed by atoms with van der Waals surface area (Å²) in [6.45, 7) is 6.46. The number of rotatable bonds is 1. The first kappa shape index (κ1) is 10.0. The minimum absolute atomic E-state index is 0.895. The van der Waals surface area contributed by atoms with Crippen LogP contribution in [0.15, 0.2) is 23.8 Å². The molecular weight excluding hydrogens is 168 g/mol. The van der Waals surface area contributed by atoms with Crippen LogP contribution in [0.25, 0.3) is 0 Å². The molecule has 2 rings (SSSR count). The summed E-state index contributed by atoms with van der Waals surface area (Å²) in [5.74, 6) is 1.87. The van der Waals surface area contributed by atoms with Crippen LogP contribution in [0, 0.1) is 11.8 Å². The van der Waals surface area contributed by atoms with E-state index in [1.165, 1.54) is 50.5 Å². The molecule has 0 spiro atoms. The summed E-state index contributed by atoms with van der Waals surface area (Å²) < 4.78 is 0. The van der Waals surface area contributed by atoms with Gasteiger partial charge in [0, 0.05) is 0 Å². The molecule has 2 fully saturated rings. The van der Waals surface area contributed by atoms with Gasteiger partial charge in [0.1, 0.15) is 0 Å². The Hall–Kier alpha value is -0.520. The maximum Gasteiger partial charge on any atom is -0.0111 e. The fraction of sp³-hybridized carbons (Fsp3) is 0.714. The zero-order valence-electron chi connectivity index (χ0n) is 9.39. The van der Waals surface area contributed by atoms with Crippen LogP contribution in [-0.2, 0) is 0 Å². The predicted octanol–water partition coefficient (Wildman–Crippen LogP) is 4.48. The highest BCUT2D eigenvalue weighted by atomic mass is 14.2. The summed E-state index contributed by atoms with van der Waals surface area (Å²) in [5.41, 5.74) is 3.12. The van der Waals surface area contributed by atoms with Gasteiger partial charge in [0.25, 0.3) is 0 Å². The molecule has 0 bridgehead atoms. The number of hydrogen-bond acceptors (Lipinski definition) is 0. The van der Waals surface area contributed by atoms with Crippen molar-refractivity contribution in [3.05, 3.63) is 23.8 Å². The number of hydrogen-bond donors (Lipinski definition) is 0. The van der Waals surface area contributed by atoms with Gasteiger partial charge in [-0.05, 0) is 43.9 Å². The lowest BCUT2D eigenvalue weighted by molar-refractivity contribution is 0.329. The van der Waals surface area contributed by atoms with E-state index in [1.54, 1.807) is 5.57 Å². The number of allylic oxidation sites excluding steroid dienone is 3. The van der Waals surface area contributed by atoms with Crippen molar-refractivity contribution in [2.45, 2.75) is 51.9 Å². The van der Waals surface area contributed by atoms with Crippen molar-refractivity contribution in [3.8, 4) is 0 Å². The highest BCUT2D eigenvalue weighted by molar-refractivity contribution is 5.21. The van der Waals surface area contributed by atoms with E-state index >= 15 is 0 Å². The smallest absolute Gasteiger partial charge is 0.0111 e. The third-order valence-corrected chi connectivity index (χ3v) is 3.81. The van der Waals surface area contributed by atoms with E-state index in [2.05, 4.69) is 19.6 Å². The summed E-state index contributed by atoms with van der Waals surface area (Å²) in [4.78, 5) is 0. The zero-order chi connectivity index (χ0) is 9.97. The van der Waals surface area contributed by atoms with Gasteiger partial charge in [-0.15, -0.1) is 0 Å². The topological polar surface area (TPSA) is 0 Å². The van der Waals surface area contributed by atoms with Crippen LogP contribution in [0.2, 0.25) is 0 Å². The van der Waals surface area contributed by atoms with E-state index in [1.807, 2.05) is 0 Å². The van der Waals surface area contributed by atoms with Crippen LogP contribution in [-0.4, -0.2) is 0 Å². The largest absolute Gasteiger partial charge is 0.0995 e. The molecule has 0 radical (unpaired) electrons. The standard InChI is InChI=1S/C14H22/c1-11-3-6-13(7-4-11)10-14-8-5-12(2)9-14/h10-11,13H,2-9H2,1H3/b14-10-. The monoisotopic (exact) mass is 190 g/mol. The second-order valence-electron chi connectivity index (χ2n) is 5.27. The maximum absolute atomic E-state index is 4.07. The summed E-state index contributed by atoms with van der Waals surface area (Å²) in [6, 6.07) is 0. The lowest BCUT2D eigenvalue weighted by Gasteiger charge is -2.24. The normalized spacial score (nSPS) is 36.6. The van der Waals surface area contributed by atoms with Crippen LogP contribution in [0.4, 0.5) is 0 Å². The second-order valence-corrected chi connectivity index (χ2v) is 5.27. The Balaban J connectivity index is 1.88. The van der Waals surface area contributed by atoms with E-state index in [0.29, 0.717) is 0 Å². The van der Waals surface area contributed by atoms with Crippen molar-refractivity contribution < 1.29 is 0 Å². The van der Waals surface area contributed by atoms with Crippen LogP contribution in [0.1, 0.15) is 51.9 Å². The summed E-state index contributed by atoms with van der Waals surface area (Å²) in [6.07, 6.45) is 12.1. The van der Waals surface area contributed by atoms with Crippen molar-refractivity contribution in [2.75, 3.05) is 0 Å². The molecule has 2 aliphatic carbocycles. The Kier molecular flexibility index (Phi) is 3.10. The van der Waals surface area contributed by atoms with Crippen molar-refractivity contribution in [2.24, 2.45) is 11.8 Å². The highest BCUT2D eigenvalue weighted by Crippen LogP contribution is 2.34. The molecular formula is C14H22. The molecule has 0 aromatic heterocycles. The molecule has 0 atom stereocenters. The lowest BCUT2D eigenvalue weighted by Crippen LogP contribution is -2.10. The van der Waals surface area contributed by atoms with Crippen molar-refractivity contribution >= 4 is 0 Å². The van der Waals surface area contributed by atoms with E-state index in [-0.39, 0.29) is 0 Å². The minimum Gasteiger partial charge on any atom is -0.0995 e. The van der Waals surface area contributed by atoms with E-state index in [0.717, 1.165) is 11.8 Å². The van der Waals surface area contributed by atoms with Crippen LogP contribution in [0.5, 0.6) is 0 Å². The molecule has 2 saturated carbocycles. The first-order valence-electron chi connectivity index (χ1n) is 6.10. The Bertz CT molecular complexity index is 239. The molecule has 0 heterocycles. The van der Waals surface area contributed by atoms with Gasteiger partial charge < -0.3 is 0 Å². The van der Waals surface area contributed by atoms with E-state index in [4.69, 9.17) is 0 Å². The quantitative estimate of drug-likeness (QED) is 0.535. The molecule has 0 heteroatoms. The summed E-state index contributed by atoms with van der Waals surface area (Å²) in [7, 11) is 0. The van der Waals surface area contributed by atoms with Gasteiger partial charge in [-0.1, -0.05) is 43.6 Å². The van der Waals surface area contributed by atoms with Gasteiger partial charge in [0.2, 0.25) is 0 Å². The Morgan fingerprint density at radius 1 is 1.14 bits per heavy atom. The van der Waals surface area contributed by atoms with Gasteiger partial charge in [0.05, 0.1) is 0 Å². The SMILES string of the molecule is C=C1CC/C(=C/C2CCC(C)CC2)C1. The van der Waals surface area contributed by atoms with Crippen molar-refractivity contribution in [1.29, 1.82) is 0 Å². The molecule has 0 amide bonds. The van der Waals surface area contributed by atoms with Gasteiger partial charge >= 0.3 is 0 Å². The third-order valence-electron chi connectivity index (χ3n) is 3.81. The van der Waals surface area contributed by atoms with Crippen LogP contribution >= 0.6 is 0 Å². The van der Waals surface area contributed by atoms with E-state index in [9.17, 15) is 0 Å². The molecule has 0 nitrogen and oxygen atoms in total. The van der Waals surface area contributed by atoms with Gasteiger partial charge in [-0.2, -0.15) is 0 Å². The summed E-state index contributed by atoms with van der Waals surface area (Å²) >= 11 is 0. The molecule has 0 aromatic carbocycles. The lowest BCUT2D eigenvalue weighted by atomic mass is 9.82. The van der Waals surface area contributed by atoms with Gasteiger partial charge in [0.15, 0.2) is 0 Å². The Labute approximate surface area is 88.1 Å². The average molecular weight is 190 g/mol. The second kappa shape index (κ2) is 4.33. The van der Waals surface area contributed by atoms with E-state index < -0.39 is 0 Å². The summed E-state index contributed by atoms with van der Waals surface area (Å²) in [5, 5.41) is 0. The van der Waals surface area contributed by atoms with Crippen molar-refractivity contribution in [3.63, 3.8) is 0 Å². The molecule has 0 unspecified atom stereocenters. The molecule has 0 aliphatic heterocycles. The molecule has 78 valence electrons. The fourth-order valence-corrected chi connectivity index (χ4v) is 2.76. The molecule has 0 N–H and O–H groups in total. The fourth-order valence-electron chi connectivity index (χ4n) is 2.76. The Morgan fingerprint density at radius 3 is 2.43 bits per heavy atom. The molecule has 14 heavy (non-hydrogen) atoms.